The zero-order valence-electron chi connectivity index (χ0n) is 14.1. The third-order valence-electron chi connectivity index (χ3n) is 4.00. The van der Waals surface area contributed by atoms with Crippen LogP contribution in [0.4, 0.5) is 5.69 Å². The van der Waals surface area contributed by atoms with Gasteiger partial charge in [-0.1, -0.05) is 54.1 Å². The number of rotatable bonds is 4. The van der Waals surface area contributed by atoms with E-state index < -0.39 is 0 Å². The minimum absolute atomic E-state index is 0.244. The van der Waals surface area contributed by atoms with Gasteiger partial charge in [-0.05, 0) is 35.0 Å². The first kappa shape index (κ1) is 17.2. The number of nitrogens with one attached hydrogen (secondary N) is 1. The summed E-state index contributed by atoms with van der Waals surface area (Å²) in [5.41, 5.74) is 5.75. The SMILES string of the molecule is N#CC(=NNc1ccc2ccccc2c1)c1nc(-c2ccc(Cl)cc2)cs1. The summed E-state index contributed by atoms with van der Waals surface area (Å²) in [4.78, 5) is 4.53. The number of halogens is 1. The summed E-state index contributed by atoms with van der Waals surface area (Å²) in [6.45, 7) is 0. The normalized spacial score (nSPS) is 11.3. The molecule has 0 bridgehead atoms. The summed E-state index contributed by atoms with van der Waals surface area (Å²) in [6.07, 6.45) is 0. The van der Waals surface area contributed by atoms with Crippen molar-refractivity contribution in [2.24, 2.45) is 5.10 Å². The quantitative estimate of drug-likeness (QED) is 0.346. The monoisotopic (exact) mass is 388 g/mol. The van der Waals surface area contributed by atoms with E-state index in [1.807, 2.05) is 66.0 Å². The van der Waals surface area contributed by atoms with E-state index in [0.29, 0.717) is 10.0 Å². The summed E-state index contributed by atoms with van der Waals surface area (Å²) in [7, 11) is 0. The van der Waals surface area contributed by atoms with Crippen LogP contribution in [0.3, 0.4) is 0 Å². The lowest BCUT2D eigenvalue weighted by Gasteiger charge is -2.03. The molecule has 0 aliphatic carbocycles. The molecular weight excluding hydrogens is 376 g/mol. The van der Waals surface area contributed by atoms with Gasteiger partial charge in [0.2, 0.25) is 0 Å². The van der Waals surface area contributed by atoms with Crippen LogP contribution in [0.25, 0.3) is 22.0 Å². The highest BCUT2D eigenvalue weighted by Gasteiger charge is 2.10. The lowest BCUT2D eigenvalue weighted by Crippen LogP contribution is -2.01. The lowest BCUT2D eigenvalue weighted by molar-refractivity contribution is 1.31. The predicted octanol–water partition coefficient (Wildman–Crippen LogP) is 5.96. The van der Waals surface area contributed by atoms with Crippen LogP contribution in [-0.4, -0.2) is 10.7 Å². The highest BCUT2D eigenvalue weighted by atomic mass is 35.5. The number of nitriles is 1. The Bertz CT molecular complexity index is 1170. The Morgan fingerprint density at radius 3 is 2.59 bits per heavy atom. The van der Waals surface area contributed by atoms with Crippen molar-refractivity contribution in [1.29, 1.82) is 5.26 Å². The van der Waals surface area contributed by atoms with Gasteiger partial charge in [0.05, 0.1) is 11.4 Å². The number of hydrazone groups is 1. The molecular formula is C21H13ClN4S. The second kappa shape index (κ2) is 7.58. The summed E-state index contributed by atoms with van der Waals surface area (Å²) in [5, 5.41) is 19.1. The fourth-order valence-electron chi connectivity index (χ4n) is 2.64. The molecule has 0 radical (unpaired) electrons. The van der Waals surface area contributed by atoms with Crippen LogP contribution in [0.2, 0.25) is 5.02 Å². The molecule has 6 heteroatoms. The van der Waals surface area contributed by atoms with Gasteiger partial charge in [0.25, 0.3) is 0 Å². The molecule has 0 unspecified atom stereocenters. The maximum absolute atomic E-state index is 9.47. The van der Waals surface area contributed by atoms with Gasteiger partial charge in [0.1, 0.15) is 6.07 Å². The Kier molecular flexibility index (Phi) is 4.84. The van der Waals surface area contributed by atoms with Crippen LogP contribution in [0.15, 0.2) is 77.2 Å². The molecule has 0 aliphatic heterocycles. The molecule has 1 N–H and O–H groups in total. The molecule has 130 valence electrons. The number of hydrogen-bond acceptors (Lipinski definition) is 5. The maximum atomic E-state index is 9.47. The van der Waals surface area contributed by atoms with Gasteiger partial charge in [-0.25, -0.2) is 4.98 Å². The van der Waals surface area contributed by atoms with Gasteiger partial charge in [-0.2, -0.15) is 10.4 Å². The van der Waals surface area contributed by atoms with E-state index in [1.165, 1.54) is 11.3 Å². The van der Waals surface area contributed by atoms with Gasteiger partial charge in [0, 0.05) is 16.0 Å². The maximum Gasteiger partial charge on any atom is 0.196 e. The fourth-order valence-corrected chi connectivity index (χ4v) is 3.53. The average Bonchev–Trinajstić information content (AvgIpc) is 3.19. The topological polar surface area (TPSA) is 61.1 Å². The number of fused-ring (bicyclic) bond motifs is 1. The molecule has 1 heterocycles. The first-order chi connectivity index (χ1) is 13.2. The predicted molar refractivity (Wildman–Crippen MR) is 112 cm³/mol. The molecule has 3 aromatic carbocycles. The van der Waals surface area contributed by atoms with Gasteiger partial charge >= 0.3 is 0 Å². The van der Waals surface area contributed by atoms with Crippen molar-refractivity contribution in [2.75, 3.05) is 5.43 Å². The average molecular weight is 389 g/mol. The molecule has 0 aliphatic rings. The molecule has 0 fully saturated rings. The molecule has 0 amide bonds. The molecule has 4 aromatic rings. The lowest BCUT2D eigenvalue weighted by atomic mass is 10.1. The van der Waals surface area contributed by atoms with Crippen LogP contribution in [0, 0.1) is 11.3 Å². The number of benzene rings is 3. The Morgan fingerprint density at radius 2 is 1.81 bits per heavy atom. The second-order valence-electron chi connectivity index (χ2n) is 5.79. The van der Waals surface area contributed by atoms with Gasteiger partial charge in [0.15, 0.2) is 10.7 Å². The molecule has 0 atom stereocenters. The number of thiazole rings is 1. The zero-order chi connectivity index (χ0) is 18.6. The largest absolute Gasteiger partial charge is 0.277 e. The molecule has 0 spiro atoms. The van der Waals surface area contributed by atoms with E-state index in [1.54, 1.807) is 0 Å². The first-order valence-corrected chi connectivity index (χ1v) is 9.43. The summed E-state index contributed by atoms with van der Waals surface area (Å²) < 4.78 is 0. The molecule has 4 nitrogen and oxygen atoms in total. The van der Waals surface area contributed by atoms with Crippen LogP contribution in [0.5, 0.6) is 0 Å². The van der Waals surface area contributed by atoms with Crippen LogP contribution in [0.1, 0.15) is 5.01 Å². The van der Waals surface area contributed by atoms with E-state index in [0.717, 1.165) is 27.7 Å². The van der Waals surface area contributed by atoms with Crippen LogP contribution < -0.4 is 5.43 Å². The van der Waals surface area contributed by atoms with Crippen molar-refractivity contribution >= 4 is 45.1 Å². The van der Waals surface area contributed by atoms with Crippen molar-refractivity contribution in [3.05, 3.63) is 82.1 Å². The molecule has 27 heavy (non-hydrogen) atoms. The zero-order valence-corrected chi connectivity index (χ0v) is 15.6. The Labute approximate surface area is 165 Å². The summed E-state index contributed by atoms with van der Waals surface area (Å²) in [5.74, 6) is 0. The highest BCUT2D eigenvalue weighted by Crippen LogP contribution is 2.24. The number of nitrogens with zero attached hydrogens (tertiary/aromatic N) is 3. The van der Waals surface area contributed by atoms with Crippen molar-refractivity contribution < 1.29 is 0 Å². The van der Waals surface area contributed by atoms with Crippen LogP contribution >= 0.6 is 22.9 Å². The smallest absolute Gasteiger partial charge is 0.196 e. The number of aromatic nitrogens is 1. The Morgan fingerprint density at radius 1 is 1.04 bits per heavy atom. The molecule has 4 rings (SSSR count). The van der Waals surface area contributed by atoms with Crippen molar-refractivity contribution in [1.82, 2.24) is 4.98 Å². The van der Waals surface area contributed by atoms with E-state index >= 15 is 0 Å². The highest BCUT2D eigenvalue weighted by molar-refractivity contribution is 7.12. The fraction of sp³-hybridized carbons (Fsp3) is 0. The second-order valence-corrected chi connectivity index (χ2v) is 7.09. The molecule has 0 saturated heterocycles. The van der Waals surface area contributed by atoms with E-state index in [4.69, 9.17) is 11.6 Å². The number of anilines is 1. The van der Waals surface area contributed by atoms with E-state index in [9.17, 15) is 5.26 Å². The molecule has 1 aromatic heterocycles. The third-order valence-corrected chi connectivity index (χ3v) is 5.10. The minimum Gasteiger partial charge on any atom is -0.277 e. The minimum atomic E-state index is 0.244. The molecule has 0 saturated carbocycles. The van der Waals surface area contributed by atoms with Gasteiger partial charge < -0.3 is 0 Å². The summed E-state index contributed by atoms with van der Waals surface area (Å²) >= 11 is 7.31. The van der Waals surface area contributed by atoms with E-state index in [-0.39, 0.29) is 5.71 Å². The van der Waals surface area contributed by atoms with Gasteiger partial charge in [-0.3, -0.25) is 5.43 Å². The number of hydrogen-bond donors (Lipinski definition) is 1. The van der Waals surface area contributed by atoms with Crippen molar-refractivity contribution in [2.45, 2.75) is 0 Å². The third kappa shape index (κ3) is 3.82. The Balaban J connectivity index is 1.58. The first-order valence-electron chi connectivity index (χ1n) is 8.17. The van der Waals surface area contributed by atoms with Crippen LogP contribution in [-0.2, 0) is 0 Å². The van der Waals surface area contributed by atoms with Crippen molar-refractivity contribution in [3.63, 3.8) is 0 Å². The standard InChI is InChI=1S/C21H13ClN4S/c22-17-8-5-15(6-9-17)20-13-27-21(24-20)19(12-23)26-25-18-10-7-14-3-1-2-4-16(14)11-18/h1-11,13,25H. The van der Waals surface area contributed by atoms with Gasteiger partial charge in [-0.15, -0.1) is 11.3 Å². The van der Waals surface area contributed by atoms with E-state index in [2.05, 4.69) is 27.6 Å². The van der Waals surface area contributed by atoms with Crippen molar-refractivity contribution in [3.8, 4) is 17.3 Å². The Hall–Kier alpha value is -3.20. The summed E-state index contributed by atoms with van der Waals surface area (Å²) in [6, 6.07) is 23.6.